The Morgan fingerprint density at radius 2 is 1.78 bits per heavy atom. The highest BCUT2D eigenvalue weighted by atomic mass is 16.6. The van der Waals surface area contributed by atoms with Gasteiger partial charge in [-0.05, 0) is 44.9 Å². The summed E-state index contributed by atoms with van der Waals surface area (Å²) in [4.78, 5) is 12.6. The molecule has 2 aromatic carbocycles. The molecule has 5 nitrogen and oxygen atoms in total. The summed E-state index contributed by atoms with van der Waals surface area (Å²) in [7, 11) is 1.59. The Balaban J connectivity index is 1.96. The van der Waals surface area contributed by atoms with E-state index in [0.29, 0.717) is 18.1 Å². The fourth-order valence-corrected chi connectivity index (χ4v) is 2.87. The van der Waals surface area contributed by atoms with Crippen molar-refractivity contribution in [3.63, 3.8) is 0 Å². The lowest BCUT2D eigenvalue weighted by molar-refractivity contribution is 0.0544. The minimum atomic E-state index is -0.565. The molecule has 0 saturated carbocycles. The fraction of sp³-hybridized carbons (Fsp3) is 0.318. The molecule has 0 bridgehead atoms. The number of hydrogen-bond acceptors (Lipinski definition) is 4. The van der Waals surface area contributed by atoms with E-state index in [9.17, 15) is 4.79 Å². The number of rotatable bonds is 4. The van der Waals surface area contributed by atoms with E-state index in [1.54, 1.807) is 13.3 Å². The van der Waals surface area contributed by atoms with Gasteiger partial charge < -0.3 is 14.2 Å². The van der Waals surface area contributed by atoms with Crippen LogP contribution in [0, 0.1) is 6.92 Å². The van der Waals surface area contributed by atoms with Crippen molar-refractivity contribution < 1.29 is 19.0 Å². The third-order valence-corrected chi connectivity index (χ3v) is 4.12. The Kier molecular flexibility index (Phi) is 5.13. The number of nitrogens with zero attached hydrogens (tertiary/aromatic N) is 1. The van der Waals surface area contributed by atoms with Crippen LogP contribution < -0.4 is 9.47 Å². The maximum absolute atomic E-state index is 12.6. The summed E-state index contributed by atoms with van der Waals surface area (Å²) < 4.78 is 18.5. The van der Waals surface area contributed by atoms with Crippen molar-refractivity contribution >= 4 is 17.0 Å². The van der Waals surface area contributed by atoms with Crippen molar-refractivity contribution in [3.05, 3.63) is 59.8 Å². The fourth-order valence-electron chi connectivity index (χ4n) is 2.87. The van der Waals surface area contributed by atoms with Crippen LogP contribution in [0.4, 0.5) is 4.79 Å². The predicted molar refractivity (Wildman–Crippen MR) is 106 cm³/mol. The van der Waals surface area contributed by atoms with Crippen molar-refractivity contribution in [2.24, 2.45) is 0 Å². The summed E-state index contributed by atoms with van der Waals surface area (Å²) in [6.45, 7) is 7.93. The van der Waals surface area contributed by atoms with Gasteiger partial charge in [-0.25, -0.2) is 4.79 Å². The number of aromatic nitrogens is 1. The third-order valence-electron chi connectivity index (χ3n) is 4.12. The summed E-state index contributed by atoms with van der Waals surface area (Å²) >= 11 is 0. The maximum atomic E-state index is 12.6. The second-order valence-corrected chi connectivity index (χ2v) is 7.46. The summed E-state index contributed by atoms with van der Waals surface area (Å²) in [5.41, 5.74) is 2.20. The van der Waals surface area contributed by atoms with Crippen molar-refractivity contribution in [2.45, 2.75) is 39.9 Å². The van der Waals surface area contributed by atoms with Gasteiger partial charge >= 0.3 is 6.09 Å². The molecule has 0 N–H and O–H groups in total. The monoisotopic (exact) mass is 367 g/mol. The Morgan fingerprint density at radius 3 is 2.41 bits per heavy atom. The lowest BCUT2D eigenvalue weighted by Gasteiger charge is -2.20. The van der Waals surface area contributed by atoms with E-state index in [-0.39, 0.29) is 0 Å². The molecule has 142 valence electrons. The average Bonchev–Trinajstić information content (AvgIpc) is 2.94. The molecule has 0 aliphatic carbocycles. The number of hydrogen-bond donors (Lipinski definition) is 0. The highest BCUT2D eigenvalue weighted by Crippen LogP contribution is 2.35. The number of ether oxygens (including phenoxy) is 3. The van der Waals surface area contributed by atoms with E-state index in [2.05, 4.69) is 0 Å². The smallest absolute Gasteiger partial charge is 0.419 e. The SMILES string of the molecule is COc1cc2c(cc1OCc1ccccc1)c(C)cn2C(=O)OC(C)(C)C. The number of aryl methyl sites for hydroxylation is 1. The molecule has 27 heavy (non-hydrogen) atoms. The number of fused-ring (bicyclic) bond motifs is 1. The first kappa shape index (κ1) is 18.8. The average molecular weight is 367 g/mol. The van der Waals surface area contributed by atoms with Gasteiger partial charge in [0.05, 0.1) is 12.6 Å². The van der Waals surface area contributed by atoms with Gasteiger partial charge in [0, 0.05) is 17.6 Å². The molecule has 0 amide bonds. The van der Waals surface area contributed by atoms with Gasteiger partial charge in [-0.2, -0.15) is 0 Å². The first-order chi connectivity index (χ1) is 12.8. The van der Waals surface area contributed by atoms with Gasteiger partial charge in [0.2, 0.25) is 0 Å². The van der Waals surface area contributed by atoms with Gasteiger partial charge in [-0.1, -0.05) is 30.3 Å². The molecular formula is C22H25NO4. The number of carbonyl (C=O) groups excluding carboxylic acids is 1. The highest BCUT2D eigenvalue weighted by molar-refractivity contribution is 5.94. The second-order valence-electron chi connectivity index (χ2n) is 7.46. The van der Waals surface area contributed by atoms with Crippen molar-refractivity contribution in [2.75, 3.05) is 7.11 Å². The normalized spacial score (nSPS) is 11.4. The van der Waals surface area contributed by atoms with Crippen LogP contribution in [0.25, 0.3) is 10.9 Å². The number of methoxy groups -OCH3 is 1. The molecule has 1 heterocycles. The van der Waals surface area contributed by atoms with Crippen LogP contribution >= 0.6 is 0 Å². The molecule has 0 aliphatic rings. The molecule has 0 fully saturated rings. The van der Waals surface area contributed by atoms with Crippen molar-refractivity contribution in [3.8, 4) is 11.5 Å². The zero-order valence-electron chi connectivity index (χ0n) is 16.4. The van der Waals surface area contributed by atoms with E-state index in [1.807, 2.05) is 70.2 Å². The lowest BCUT2D eigenvalue weighted by atomic mass is 10.1. The van der Waals surface area contributed by atoms with Gasteiger partial charge in [-0.15, -0.1) is 0 Å². The first-order valence-electron chi connectivity index (χ1n) is 8.88. The van der Waals surface area contributed by atoms with Crippen molar-refractivity contribution in [1.82, 2.24) is 4.57 Å². The molecule has 1 aromatic heterocycles. The van der Waals surface area contributed by atoms with E-state index in [4.69, 9.17) is 14.2 Å². The van der Waals surface area contributed by atoms with Crippen LogP contribution in [0.1, 0.15) is 31.9 Å². The van der Waals surface area contributed by atoms with E-state index in [0.717, 1.165) is 22.0 Å². The first-order valence-corrected chi connectivity index (χ1v) is 8.88. The Hall–Kier alpha value is -2.95. The standard InChI is InChI=1S/C22H25NO4/c1-15-13-23(21(24)27-22(2,3)4)18-12-19(25-5)20(11-17(15)18)26-14-16-9-7-6-8-10-16/h6-13H,14H2,1-5H3. The van der Waals surface area contributed by atoms with Crippen LogP contribution in [-0.2, 0) is 11.3 Å². The zero-order valence-corrected chi connectivity index (χ0v) is 16.4. The topological polar surface area (TPSA) is 49.7 Å². The van der Waals surface area contributed by atoms with Crippen LogP contribution in [0.3, 0.4) is 0 Å². The second kappa shape index (κ2) is 7.35. The zero-order chi connectivity index (χ0) is 19.6. The molecule has 0 spiro atoms. The third kappa shape index (κ3) is 4.25. The summed E-state index contributed by atoms with van der Waals surface area (Å²) in [6, 6.07) is 13.7. The van der Waals surface area contributed by atoms with E-state index < -0.39 is 11.7 Å². The Bertz CT molecular complexity index is 952. The minimum Gasteiger partial charge on any atom is -0.493 e. The van der Waals surface area contributed by atoms with E-state index in [1.165, 1.54) is 4.57 Å². The molecule has 0 saturated heterocycles. The molecule has 0 atom stereocenters. The van der Waals surface area contributed by atoms with Gasteiger partial charge in [0.25, 0.3) is 0 Å². The summed E-state index contributed by atoms with van der Waals surface area (Å²) in [5, 5.41) is 0.921. The summed E-state index contributed by atoms with van der Waals surface area (Å²) in [6.07, 6.45) is 1.36. The molecule has 5 heteroatoms. The lowest BCUT2D eigenvalue weighted by Crippen LogP contribution is -2.26. The van der Waals surface area contributed by atoms with E-state index >= 15 is 0 Å². The number of benzene rings is 2. The minimum absolute atomic E-state index is 0.416. The van der Waals surface area contributed by atoms with Gasteiger partial charge in [-0.3, -0.25) is 4.57 Å². The summed E-state index contributed by atoms with van der Waals surface area (Å²) in [5.74, 6) is 1.21. The Morgan fingerprint density at radius 1 is 1.07 bits per heavy atom. The van der Waals surface area contributed by atoms with Crippen molar-refractivity contribution in [1.29, 1.82) is 0 Å². The molecular weight excluding hydrogens is 342 g/mol. The molecule has 3 aromatic rings. The van der Waals surface area contributed by atoms with Crippen LogP contribution in [-0.4, -0.2) is 23.4 Å². The Labute approximate surface area is 159 Å². The molecule has 0 aliphatic heterocycles. The van der Waals surface area contributed by atoms with Gasteiger partial charge in [0.15, 0.2) is 11.5 Å². The molecule has 3 rings (SSSR count). The quantitative estimate of drug-likeness (QED) is 0.626. The maximum Gasteiger partial charge on any atom is 0.419 e. The predicted octanol–water partition coefficient (Wildman–Crippen LogP) is 5.32. The molecule has 0 radical (unpaired) electrons. The number of carbonyl (C=O) groups is 1. The highest BCUT2D eigenvalue weighted by Gasteiger charge is 2.21. The van der Waals surface area contributed by atoms with Crippen LogP contribution in [0.15, 0.2) is 48.7 Å². The van der Waals surface area contributed by atoms with Crippen LogP contribution in [0.5, 0.6) is 11.5 Å². The largest absolute Gasteiger partial charge is 0.493 e. The molecule has 0 unspecified atom stereocenters. The van der Waals surface area contributed by atoms with Gasteiger partial charge in [0.1, 0.15) is 12.2 Å². The van der Waals surface area contributed by atoms with Crippen LogP contribution in [0.2, 0.25) is 0 Å².